The van der Waals surface area contributed by atoms with Crippen molar-refractivity contribution in [2.24, 2.45) is 0 Å². The van der Waals surface area contributed by atoms with Crippen molar-refractivity contribution in [3.05, 3.63) is 29.6 Å². The molecule has 0 aliphatic carbocycles. The molecule has 0 aromatic carbocycles. The largest absolute Gasteiger partial charge is 0.261 e. The van der Waals surface area contributed by atoms with E-state index in [1.54, 1.807) is 0 Å². The molecule has 0 N–H and O–H groups in total. The number of aromatic nitrogens is 1. The van der Waals surface area contributed by atoms with Gasteiger partial charge in [-0.15, -0.1) is 0 Å². The van der Waals surface area contributed by atoms with E-state index in [1.165, 1.54) is 11.3 Å². The Kier molecular flexibility index (Phi) is 4.09. The van der Waals surface area contributed by atoms with E-state index >= 15 is 0 Å². The van der Waals surface area contributed by atoms with Crippen LogP contribution in [0, 0.1) is 0 Å². The highest BCUT2D eigenvalue weighted by Crippen LogP contribution is 2.26. The van der Waals surface area contributed by atoms with E-state index in [9.17, 15) is 0 Å². The van der Waals surface area contributed by atoms with E-state index < -0.39 is 0 Å². The molecule has 0 aliphatic heterocycles. The van der Waals surface area contributed by atoms with Crippen LogP contribution in [0.15, 0.2) is 18.3 Å². The van der Waals surface area contributed by atoms with E-state index in [1.807, 2.05) is 6.20 Å². The van der Waals surface area contributed by atoms with Crippen LogP contribution in [0.5, 0.6) is 0 Å². The van der Waals surface area contributed by atoms with Gasteiger partial charge >= 0.3 is 0 Å². The Labute approximate surface area is 94.9 Å². The van der Waals surface area contributed by atoms with E-state index in [-0.39, 0.29) is 18.3 Å². The summed E-state index contributed by atoms with van der Waals surface area (Å²) in [5, 5.41) is 0. The molecule has 0 radical (unpaired) electrons. The Morgan fingerprint density at radius 1 is 0.933 bits per heavy atom. The fourth-order valence-electron chi connectivity index (χ4n) is 1.31. The fraction of sp³-hybridized carbons (Fsp3) is 0.643. The molecule has 1 aromatic rings. The van der Waals surface area contributed by atoms with Crippen LogP contribution >= 0.6 is 0 Å². The van der Waals surface area contributed by atoms with Crippen LogP contribution in [0.4, 0.5) is 0 Å². The number of rotatable bonds is 0. The summed E-state index contributed by atoms with van der Waals surface area (Å²) in [6.07, 6.45) is 1.92. The first kappa shape index (κ1) is 14.2. The van der Waals surface area contributed by atoms with Gasteiger partial charge in [0, 0.05) is 17.3 Å². The number of nitrogens with zero attached hydrogens (tertiary/aromatic N) is 1. The van der Waals surface area contributed by atoms with Gasteiger partial charge in [0.15, 0.2) is 0 Å². The summed E-state index contributed by atoms with van der Waals surface area (Å²) >= 11 is 0. The molecule has 1 nitrogen and oxygen atoms in total. The molecule has 86 valence electrons. The molecule has 1 aromatic heterocycles. The lowest BCUT2D eigenvalue weighted by molar-refractivity contribution is 0.552. The second-order valence-electron chi connectivity index (χ2n) is 5.93. The lowest BCUT2D eigenvalue weighted by atomic mass is 9.84. The molecule has 0 saturated heterocycles. The maximum absolute atomic E-state index is 4.42. The molecule has 0 atom stereocenters. The van der Waals surface area contributed by atoms with Crippen molar-refractivity contribution in [3.63, 3.8) is 0 Å². The van der Waals surface area contributed by atoms with Crippen molar-refractivity contribution in [1.29, 1.82) is 0 Å². The van der Waals surface area contributed by atoms with Gasteiger partial charge in [0.25, 0.3) is 0 Å². The van der Waals surface area contributed by atoms with E-state index in [2.05, 4.69) is 58.7 Å². The topological polar surface area (TPSA) is 12.9 Å². The van der Waals surface area contributed by atoms with Crippen LogP contribution in [-0.4, -0.2) is 4.98 Å². The number of hydrogen-bond donors (Lipinski definition) is 0. The number of pyridine rings is 1. The Balaban J connectivity index is 0.00000196. The summed E-state index contributed by atoms with van der Waals surface area (Å²) in [6, 6.07) is 4.33. The maximum Gasteiger partial charge on any atom is 0.0459 e. The highest BCUT2D eigenvalue weighted by Gasteiger charge is 2.19. The Hall–Kier alpha value is -0.850. The third-order valence-corrected chi connectivity index (χ3v) is 2.39. The molecular weight excluding hydrogens is 182 g/mol. The first-order valence-electron chi connectivity index (χ1n) is 5.18. The molecule has 1 rings (SSSR count). The zero-order valence-electron chi connectivity index (χ0n) is 10.2. The smallest absolute Gasteiger partial charge is 0.0459 e. The SMILES string of the molecule is C.CC(C)(C)c1ccnc(C(C)(C)C)c1. The van der Waals surface area contributed by atoms with Crippen molar-refractivity contribution in [2.45, 2.75) is 59.8 Å². The van der Waals surface area contributed by atoms with Gasteiger partial charge in [-0.25, -0.2) is 0 Å². The van der Waals surface area contributed by atoms with Gasteiger partial charge in [-0.1, -0.05) is 49.0 Å². The average molecular weight is 207 g/mol. The molecule has 0 aliphatic rings. The first-order valence-corrected chi connectivity index (χ1v) is 5.18. The average Bonchev–Trinajstić information content (AvgIpc) is 2.01. The minimum absolute atomic E-state index is 0. The van der Waals surface area contributed by atoms with Gasteiger partial charge in [-0.2, -0.15) is 0 Å². The molecule has 0 spiro atoms. The molecular formula is C14H25N. The highest BCUT2D eigenvalue weighted by molar-refractivity contribution is 5.26. The Morgan fingerprint density at radius 2 is 1.47 bits per heavy atom. The first-order chi connectivity index (χ1) is 6.21. The van der Waals surface area contributed by atoms with Gasteiger partial charge in [0.2, 0.25) is 0 Å². The summed E-state index contributed by atoms with van der Waals surface area (Å²) in [6.45, 7) is 13.3. The van der Waals surface area contributed by atoms with Gasteiger partial charge in [-0.3, -0.25) is 4.98 Å². The monoisotopic (exact) mass is 207 g/mol. The second kappa shape index (κ2) is 4.34. The van der Waals surface area contributed by atoms with Crippen LogP contribution in [0.1, 0.15) is 60.2 Å². The quantitative estimate of drug-likeness (QED) is 0.617. The van der Waals surface area contributed by atoms with Crippen LogP contribution in [0.2, 0.25) is 0 Å². The summed E-state index contributed by atoms with van der Waals surface area (Å²) in [4.78, 5) is 4.42. The van der Waals surface area contributed by atoms with Gasteiger partial charge in [0.05, 0.1) is 0 Å². The third kappa shape index (κ3) is 3.65. The van der Waals surface area contributed by atoms with Crippen molar-refractivity contribution >= 4 is 0 Å². The summed E-state index contributed by atoms with van der Waals surface area (Å²) in [7, 11) is 0. The summed E-state index contributed by atoms with van der Waals surface area (Å²) in [5.41, 5.74) is 2.88. The lowest BCUT2D eigenvalue weighted by Gasteiger charge is -2.23. The zero-order chi connectivity index (χ0) is 11.0. The second-order valence-corrected chi connectivity index (χ2v) is 5.93. The van der Waals surface area contributed by atoms with Gasteiger partial charge < -0.3 is 0 Å². The fourth-order valence-corrected chi connectivity index (χ4v) is 1.31. The standard InChI is InChI=1S/C13H21N.CH4/c1-12(2,3)10-7-8-14-11(9-10)13(4,5)6;/h7-9H,1-6H3;1H4. The van der Waals surface area contributed by atoms with Crippen LogP contribution < -0.4 is 0 Å². The number of hydrogen-bond acceptors (Lipinski definition) is 1. The Bertz CT molecular complexity index is 284. The van der Waals surface area contributed by atoms with Crippen LogP contribution in [-0.2, 0) is 10.8 Å². The van der Waals surface area contributed by atoms with Gasteiger partial charge in [0.1, 0.15) is 0 Å². The molecule has 0 bridgehead atoms. The van der Waals surface area contributed by atoms with E-state index in [0.717, 1.165) is 0 Å². The maximum atomic E-state index is 4.42. The predicted octanol–water partition coefficient (Wildman–Crippen LogP) is 4.31. The molecule has 0 fully saturated rings. The molecule has 0 unspecified atom stereocenters. The van der Waals surface area contributed by atoms with Crippen molar-refractivity contribution in [2.75, 3.05) is 0 Å². The van der Waals surface area contributed by atoms with E-state index in [4.69, 9.17) is 0 Å². The predicted molar refractivity (Wildman–Crippen MR) is 68.4 cm³/mol. The Morgan fingerprint density at radius 3 is 1.87 bits per heavy atom. The molecule has 1 heteroatoms. The van der Waals surface area contributed by atoms with Crippen LogP contribution in [0.25, 0.3) is 0 Å². The molecule has 0 amide bonds. The van der Waals surface area contributed by atoms with E-state index in [0.29, 0.717) is 0 Å². The summed E-state index contributed by atoms with van der Waals surface area (Å²) < 4.78 is 0. The van der Waals surface area contributed by atoms with Crippen molar-refractivity contribution < 1.29 is 0 Å². The molecule has 0 saturated carbocycles. The minimum Gasteiger partial charge on any atom is -0.261 e. The summed E-state index contributed by atoms with van der Waals surface area (Å²) in [5.74, 6) is 0. The molecule has 15 heavy (non-hydrogen) atoms. The van der Waals surface area contributed by atoms with Crippen molar-refractivity contribution in [3.8, 4) is 0 Å². The highest BCUT2D eigenvalue weighted by atomic mass is 14.7. The normalized spacial score (nSPS) is 12.1. The zero-order valence-corrected chi connectivity index (χ0v) is 10.2. The minimum atomic E-state index is 0. The van der Waals surface area contributed by atoms with Gasteiger partial charge in [-0.05, 0) is 23.1 Å². The van der Waals surface area contributed by atoms with Crippen LogP contribution in [0.3, 0.4) is 0 Å². The third-order valence-electron chi connectivity index (χ3n) is 2.39. The lowest BCUT2D eigenvalue weighted by Crippen LogP contribution is -2.17. The van der Waals surface area contributed by atoms with Crippen molar-refractivity contribution in [1.82, 2.24) is 4.98 Å². The molecule has 1 heterocycles.